The minimum atomic E-state index is -4.70. The van der Waals surface area contributed by atoms with Gasteiger partial charge in [-0.3, -0.25) is 14.1 Å². The van der Waals surface area contributed by atoms with E-state index in [1.807, 2.05) is 6.92 Å². The summed E-state index contributed by atoms with van der Waals surface area (Å²) in [5.41, 5.74) is 0. The van der Waals surface area contributed by atoms with E-state index in [2.05, 4.69) is 11.4 Å². The third-order valence-electron chi connectivity index (χ3n) is 3.63. The second-order valence-corrected chi connectivity index (χ2v) is 7.44. The molecule has 0 spiro atoms. The average molecular weight is 396 g/mol. The highest BCUT2D eigenvalue weighted by Crippen LogP contribution is 2.35. The topological polar surface area (TPSA) is 119 Å². The van der Waals surface area contributed by atoms with E-state index in [9.17, 15) is 14.2 Å². The molecule has 8 nitrogen and oxygen atoms in total. The van der Waals surface area contributed by atoms with Gasteiger partial charge in [0.25, 0.3) is 0 Å². The number of phosphoric acid groups is 1. The highest BCUT2D eigenvalue weighted by atomic mass is 31.2. The maximum absolute atomic E-state index is 11.9. The zero-order valence-corrected chi connectivity index (χ0v) is 16.7. The molecule has 0 bridgehead atoms. The van der Waals surface area contributed by atoms with Crippen molar-refractivity contribution in [2.45, 2.75) is 84.2 Å². The maximum atomic E-state index is 11.9. The Kier molecular flexibility index (Phi) is 14.6. The summed E-state index contributed by atoms with van der Waals surface area (Å²) >= 11 is 0. The molecule has 0 amide bonds. The van der Waals surface area contributed by atoms with Crippen LogP contribution in [-0.2, 0) is 28.2 Å². The molecule has 0 heterocycles. The highest BCUT2D eigenvalue weighted by molar-refractivity contribution is 7.46. The number of ether oxygens (including phenoxy) is 2. The Morgan fingerprint density at radius 3 is 2.04 bits per heavy atom. The molecule has 154 valence electrons. The Morgan fingerprint density at radius 1 is 0.846 bits per heavy atom. The number of rotatable bonds is 16. The average Bonchev–Trinajstić information content (AvgIpc) is 2.57. The van der Waals surface area contributed by atoms with E-state index in [0.29, 0.717) is 12.8 Å². The second kappa shape index (κ2) is 15.1. The van der Waals surface area contributed by atoms with Crippen LogP contribution in [0.4, 0.5) is 0 Å². The summed E-state index contributed by atoms with van der Waals surface area (Å²) < 4.78 is 25.3. The Balaban J connectivity index is 4.25. The van der Waals surface area contributed by atoms with Gasteiger partial charge in [-0.05, 0) is 12.8 Å². The van der Waals surface area contributed by atoms with Crippen LogP contribution in [0.25, 0.3) is 0 Å². The molecule has 1 atom stereocenters. The molecule has 0 aromatic heterocycles. The van der Waals surface area contributed by atoms with Crippen LogP contribution in [0.15, 0.2) is 0 Å². The van der Waals surface area contributed by atoms with Crippen LogP contribution in [0.3, 0.4) is 0 Å². The van der Waals surface area contributed by atoms with Gasteiger partial charge >= 0.3 is 19.8 Å². The van der Waals surface area contributed by atoms with Crippen LogP contribution >= 0.6 is 7.82 Å². The van der Waals surface area contributed by atoms with Gasteiger partial charge < -0.3 is 19.3 Å². The number of hydrogen-bond acceptors (Lipinski definition) is 6. The zero-order valence-electron chi connectivity index (χ0n) is 15.9. The fourth-order valence-electron chi connectivity index (χ4n) is 2.17. The Bertz CT molecular complexity index is 434. The molecule has 0 radical (unpaired) electrons. The molecule has 2 N–H and O–H groups in total. The predicted molar refractivity (Wildman–Crippen MR) is 96.4 cm³/mol. The summed E-state index contributed by atoms with van der Waals surface area (Å²) in [5.74, 6) is -0.940. The number of hydrogen-bond donors (Lipinski definition) is 2. The quantitative estimate of drug-likeness (QED) is 0.231. The van der Waals surface area contributed by atoms with Gasteiger partial charge in [0.15, 0.2) is 6.10 Å². The number of carbonyl (C=O) groups excluding carboxylic acids is 2. The monoisotopic (exact) mass is 396 g/mol. The van der Waals surface area contributed by atoms with Gasteiger partial charge in [-0.2, -0.15) is 0 Å². The molecule has 0 aliphatic carbocycles. The lowest BCUT2D eigenvalue weighted by Gasteiger charge is -2.18. The normalized spacial score (nSPS) is 12.6. The van der Waals surface area contributed by atoms with Crippen molar-refractivity contribution in [2.24, 2.45) is 0 Å². The van der Waals surface area contributed by atoms with Crippen LogP contribution in [0.2, 0.25) is 0 Å². The molecular formula is C17H33O8P. The van der Waals surface area contributed by atoms with Crippen LogP contribution in [-0.4, -0.2) is 41.0 Å². The Morgan fingerprint density at radius 2 is 1.42 bits per heavy atom. The van der Waals surface area contributed by atoms with Gasteiger partial charge in [0.1, 0.15) is 6.61 Å². The molecule has 0 aliphatic rings. The maximum Gasteiger partial charge on any atom is 0.469 e. The van der Waals surface area contributed by atoms with Crippen molar-refractivity contribution in [3.63, 3.8) is 0 Å². The summed E-state index contributed by atoms with van der Waals surface area (Å²) in [6.45, 7) is 3.25. The van der Waals surface area contributed by atoms with Crippen molar-refractivity contribution in [1.29, 1.82) is 0 Å². The molecule has 0 aliphatic heterocycles. The third-order valence-corrected chi connectivity index (χ3v) is 4.11. The van der Waals surface area contributed by atoms with Crippen molar-refractivity contribution in [2.75, 3.05) is 13.2 Å². The molecular weight excluding hydrogens is 363 g/mol. The lowest BCUT2D eigenvalue weighted by atomic mass is 10.1. The highest BCUT2D eigenvalue weighted by Gasteiger charge is 2.22. The second-order valence-electron chi connectivity index (χ2n) is 6.20. The minimum absolute atomic E-state index is 0.211. The first-order valence-corrected chi connectivity index (χ1v) is 10.9. The first-order valence-electron chi connectivity index (χ1n) is 9.33. The first-order chi connectivity index (χ1) is 12.3. The first kappa shape index (κ1) is 25.1. The van der Waals surface area contributed by atoms with E-state index in [1.54, 1.807) is 0 Å². The van der Waals surface area contributed by atoms with Crippen molar-refractivity contribution in [1.82, 2.24) is 0 Å². The van der Waals surface area contributed by atoms with Crippen LogP contribution in [0.1, 0.15) is 78.1 Å². The summed E-state index contributed by atoms with van der Waals surface area (Å²) in [5, 5.41) is 0. The molecule has 26 heavy (non-hydrogen) atoms. The summed E-state index contributed by atoms with van der Waals surface area (Å²) in [4.78, 5) is 41.0. The Hall–Kier alpha value is -0.950. The lowest BCUT2D eigenvalue weighted by molar-refractivity contribution is -0.161. The van der Waals surface area contributed by atoms with Crippen molar-refractivity contribution in [3.8, 4) is 0 Å². The summed E-state index contributed by atoms with van der Waals surface area (Å²) in [6.07, 6.45) is 7.06. The fourth-order valence-corrected chi connectivity index (χ4v) is 2.53. The van der Waals surface area contributed by atoms with Crippen molar-refractivity contribution >= 4 is 19.8 Å². The molecule has 0 saturated heterocycles. The number of esters is 2. The number of unbranched alkanes of at least 4 members (excludes halogenated alkanes) is 6. The van der Waals surface area contributed by atoms with Gasteiger partial charge in [0.2, 0.25) is 0 Å². The molecule has 0 unspecified atom stereocenters. The largest absolute Gasteiger partial charge is 0.469 e. The van der Waals surface area contributed by atoms with Gasteiger partial charge in [-0.25, -0.2) is 4.57 Å². The molecule has 0 fully saturated rings. The van der Waals surface area contributed by atoms with E-state index in [4.69, 9.17) is 19.3 Å². The van der Waals surface area contributed by atoms with Crippen molar-refractivity contribution in [3.05, 3.63) is 0 Å². The molecule has 0 rings (SSSR count). The van der Waals surface area contributed by atoms with Gasteiger partial charge in [-0.1, -0.05) is 52.4 Å². The van der Waals surface area contributed by atoms with Crippen LogP contribution in [0.5, 0.6) is 0 Å². The van der Waals surface area contributed by atoms with Gasteiger partial charge in [-0.15, -0.1) is 0 Å². The summed E-state index contributed by atoms with van der Waals surface area (Å²) in [7, 11) is -4.70. The van der Waals surface area contributed by atoms with Crippen LogP contribution in [0, 0.1) is 0 Å². The van der Waals surface area contributed by atoms with Crippen LogP contribution < -0.4 is 0 Å². The third kappa shape index (κ3) is 16.5. The molecule has 0 saturated carbocycles. The minimum Gasteiger partial charge on any atom is -0.462 e. The number of phosphoric ester groups is 1. The molecule has 0 aromatic carbocycles. The van der Waals surface area contributed by atoms with Gasteiger partial charge in [0.05, 0.1) is 6.61 Å². The fraction of sp³-hybridized carbons (Fsp3) is 0.882. The SMILES string of the molecule is CCCCCCCCC(=O)O[C@H](COC(=O)CCCC)COP(=O)(O)O. The standard InChI is InChI=1S/C17H33O8P/c1-3-5-7-8-9-10-12-17(19)25-15(14-24-26(20,21)22)13-23-16(18)11-6-4-2/h15H,3-14H2,1-2H3,(H2,20,21,22)/t15-/m1/s1. The molecule has 9 heteroatoms. The van der Waals surface area contributed by atoms with E-state index >= 15 is 0 Å². The van der Waals surface area contributed by atoms with Crippen molar-refractivity contribution < 1.29 is 37.9 Å². The van der Waals surface area contributed by atoms with E-state index in [-0.39, 0.29) is 19.4 Å². The molecule has 0 aromatic rings. The van der Waals surface area contributed by atoms with E-state index < -0.39 is 32.5 Å². The smallest absolute Gasteiger partial charge is 0.462 e. The summed E-state index contributed by atoms with van der Waals surface area (Å²) in [6, 6.07) is 0. The van der Waals surface area contributed by atoms with E-state index in [0.717, 1.165) is 32.1 Å². The zero-order chi connectivity index (χ0) is 19.8. The number of carbonyl (C=O) groups is 2. The van der Waals surface area contributed by atoms with E-state index in [1.165, 1.54) is 6.42 Å². The lowest BCUT2D eigenvalue weighted by Crippen LogP contribution is -2.29. The van der Waals surface area contributed by atoms with Gasteiger partial charge in [0, 0.05) is 12.8 Å². The predicted octanol–water partition coefficient (Wildman–Crippen LogP) is 3.49. The Labute approximate surface area is 155 Å².